The molecular weight excluding hydrogens is 262 g/mol. The monoisotopic (exact) mass is 278 g/mol. The molecule has 0 aliphatic heterocycles. The number of benzene rings is 1. The number of carbonyl (C=O) groups excluding carboxylic acids is 1. The lowest BCUT2D eigenvalue weighted by atomic mass is 10.0. The van der Waals surface area contributed by atoms with Gasteiger partial charge in [-0.15, -0.1) is 0 Å². The molecule has 4 rings (SSSR count). The fourth-order valence-corrected chi connectivity index (χ4v) is 4.52. The van der Waals surface area contributed by atoms with Gasteiger partial charge >= 0.3 is 0 Å². The number of fused-ring (bicyclic) bond motifs is 5. The van der Waals surface area contributed by atoms with E-state index in [1.807, 2.05) is 0 Å². The number of rotatable bonds is 2. The highest BCUT2D eigenvalue weighted by Crippen LogP contribution is 2.65. The summed E-state index contributed by atoms with van der Waals surface area (Å²) in [4.78, 5) is 12.1. The van der Waals surface area contributed by atoms with Crippen molar-refractivity contribution in [3.05, 3.63) is 29.3 Å². The molecule has 5 heteroatoms. The standard InChI is InChI=1S/C15H16F2N2O/c16-8-4-9(13(17)10(18)5-8)15(20)19-14-11-6-1-2-7(3-6)12(11)14/h4-7,11-12,14H,1-3,18H2,(H,19,20). The fraction of sp³-hybridized carbons (Fsp3) is 0.533. The quantitative estimate of drug-likeness (QED) is 0.816. The number of nitrogens with two attached hydrogens (primary N) is 1. The summed E-state index contributed by atoms with van der Waals surface area (Å²) in [5.74, 6) is 0.490. The Hall–Kier alpha value is -1.65. The molecule has 3 N–H and O–H groups in total. The Balaban J connectivity index is 1.52. The van der Waals surface area contributed by atoms with Crippen molar-refractivity contribution in [2.45, 2.75) is 25.3 Å². The van der Waals surface area contributed by atoms with E-state index in [1.54, 1.807) is 0 Å². The minimum atomic E-state index is -0.835. The van der Waals surface area contributed by atoms with Gasteiger partial charge in [-0.05, 0) is 55.1 Å². The van der Waals surface area contributed by atoms with Gasteiger partial charge in [-0.3, -0.25) is 4.79 Å². The van der Waals surface area contributed by atoms with Crippen LogP contribution in [0.2, 0.25) is 0 Å². The van der Waals surface area contributed by atoms with Gasteiger partial charge in [-0.25, -0.2) is 8.78 Å². The van der Waals surface area contributed by atoms with Crippen molar-refractivity contribution >= 4 is 11.6 Å². The van der Waals surface area contributed by atoms with Crippen LogP contribution in [0, 0.1) is 35.3 Å². The molecule has 1 aromatic rings. The zero-order valence-corrected chi connectivity index (χ0v) is 10.9. The highest BCUT2D eigenvalue weighted by atomic mass is 19.1. The van der Waals surface area contributed by atoms with Crippen LogP contribution in [0.3, 0.4) is 0 Å². The third kappa shape index (κ3) is 1.58. The van der Waals surface area contributed by atoms with Crippen molar-refractivity contribution in [3.63, 3.8) is 0 Å². The molecule has 2 bridgehead atoms. The molecule has 0 saturated heterocycles. The van der Waals surface area contributed by atoms with Crippen LogP contribution in [0.25, 0.3) is 0 Å². The fourth-order valence-electron chi connectivity index (χ4n) is 4.52. The molecular formula is C15H16F2N2O. The molecule has 106 valence electrons. The zero-order chi connectivity index (χ0) is 14.0. The molecule has 1 aromatic carbocycles. The van der Waals surface area contributed by atoms with E-state index in [9.17, 15) is 13.6 Å². The maximum absolute atomic E-state index is 13.8. The second kappa shape index (κ2) is 3.93. The van der Waals surface area contributed by atoms with Crippen LogP contribution in [0.4, 0.5) is 14.5 Å². The smallest absolute Gasteiger partial charge is 0.254 e. The van der Waals surface area contributed by atoms with Gasteiger partial charge in [-0.1, -0.05) is 0 Å². The molecule has 0 aromatic heterocycles. The van der Waals surface area contributed by atoms with E-state index in [-0.39, 0.29) is 17.3 Å². The number of hydrogen-bond acceptors (Lipinski definition) is 2. The molecule has 20 heavy (non-hydrogen) atoms. The normalized spacial score (nSPS) is 36.8. The van der Waals surface area contributed by atoms with E-state index < -0.39 is 17.5 Å². The SMILES string of the molecule is Nc1cc(F)cc(C(=O)NC2C3C4CCC(C4)C23)c1F. The Bertz CT molecular complexity index is 588. The van der Waals surface area contributed by atoms with E-state index in [1.165, 1.54) is 19.3 Å². The van der Waals surface area contributed by atoms with Crippen LogP contribution in [0.15, 0.2) is 12.1 Å². The summed E-state index contributed by atoms with van der Waals surface area (Å²) in [5, 5.41) is 2.87. The molecule has 0 heterocycles. The highest BCUT2D eigenvalue weighted by molar-refractivity contribution is 5.95. The van der Waals surface area contributed by atoms with Crippen molar-refractivity contribution in [3.8, 4) is 0 Å². The predicted molar refractivity (Wildman–Crippen MR) is 69.8 cm³/mol. The second-order valence-electron chi connectivity index (χ2n) is 6.34. The van der Waals surface area contributed by atoms with Crippen molar-refractivity contribution in [1.82, 2.24) is 5.32 Å². The highest BCUT2D eigenvalue weighted by Gasteiger charge is 2.65. The van der Waals surface area contributed by atoms with Gasteiger partial charge in [0.25, 0.3) is 5.91 Å². The number of amides is 1. The van der Waals surface area contributed by atoms with Gasteiger partial charge < -0.3 is 11.1 Å². The Morgan fingerprint density at radius 2 is 1.85 bits per heavy atom. The van der Waals surface area contributed by atoms with E-state index in [0.29, 0.717) is 11.8 Å². The lowest BCUT2D eigenvalue weighted by molar-refractivity contribution is 0.0940. The number of hydrogen-bond donors (Lipinski definition) is 2. The van der Waals surface area contributed by atoms with E-state index in [0.717, 1.165) is 24.0 Å². The summed E-state index contributed by atoms with van der Waals surface area (Å²) in [6.07, 6.45) is 3.78. The summed E-state index contributed by atoms with van der Waals surface area (Å²) in [7, 11) is 0. The first-order valence-electron chi connectivity index (χ1n) is 7.11. The van der Waals surface area contributed by atoms with Gasteiger partial charge in [0.2, 0.25) is 0 Å². The molecule has 3 fully saturated rings. The van der Waals surface area contributed by atoms with E-state index in [4.69, 9.17) is 5.73 Å². The van der Waals surface area contributed by atoms with Crippen molar-refractivity contribution in [1.29, 1.82) is 0 Å². The lowest BCUT2D eigenvalue weighted by Crippen LogP contribution is -2.30. The molecule has 3 saturated carbocycles. The Labute approximate surface area is 115 Å². The third-order valence-electron chi connectivity index (χ3n) is 5.34. The van der Waals surface area contributed by atoms with E-state index >= 15 is 0 Å². The zero-order valence-electron chi connectivity index (χ0n) is 10.9. The Morgan fingerprint density at radius 1 is 1.20 bits per heavy atom. The van der Waals surface area contributed by atoms with Crippen molar-refractivity contribution < 1.29 is 13.6 Å². The minimum Gasteiger partial charge on any atom is -0.396 e. The van der Waals surface area contributed by atoms with Crippen LogP contribution in [-0.4, -0.2) is 11.9 Å². The van der Waals surface area contributed by atoms with Gasteiger partial charge in [0.15, 0.2) is 5.82 Å². The van der Waals surface area contributed by atoms with Gasteiger partial charge in [-0.2, -0.15) is 0 Å². The Kier molecular flexibility index (Phi) is 2.38. The molecule has 1 amide bonds. The molecule has 3 aliphatic rings. The molecule has 3 nitrogen and oxygen atoms in total. The van der Waals surface area contributed by atoms with Crippen LogP contribution >= 0.6 is 0 Å². The molecule has 4 atom stereocenters. The number of anilines is 1. The number of nitrogens with one attached hydrogen (secondary N) is 1. The van der Waals surface area contributed by atoms with Gasteiger partial charge in [0, 0.05) is 6.04 Å². The first-order valence-corrected chi connectivity index (χ1v) is 7.11. The predicted octanol–water partition coefficient (Wildman–Crippen LogP) is 2.32. The summed E-state index contributed by atoms with van der Waals surface area (Å²) < 4.78 is 27.1. The number of nitrogen functional groups attached to an aromatic ring is 1. The molecule has 0 spiro atoms. The topological polar surface area (TPSA) is 55.1 Å². The van der Waals surface area contributed by atoms with E-state index in [2.05, 4.69) is 5.32 Å². The van der Waals surface area contributed by atoms with Crippen LogP contribution in [-0.2, 0) is 0 Å². The Morgan fingerprint density at radius 3 is 2.50 bits per heavy atom. The average molecular weight is 278 g/mol. The third-order valence-corrected chi connectivity index (χ3v) is 5.34. The molecule has 3 aliphatic carbocycles. The molecule has 4 unspecified atom stereocenters. The maximum Gasteiger partial charge on any atom is 0.254 e. The summed E-state index contributed by atoms with van der Waals surface area (Å²) >= 11 is 0. The largest absolute Gasteiger partial charge is 0.396 e. The van der Waals surface area contributed by atoms with Crippen LogP contribution in [0.5, 0.6) is 0 Å². The first-order chi connectivity index (χ1) is 9.56. The number of halogens is 2. The van der Waals surface area contributed by atoms with Gasteiger partial charge in [0.1, 0.15) is 5.82 Å². The first kappa shape index (κ1) is 12.1. The number of carbonyl (C=O) groups is 1. The maximum atomic E-state index is 13.8. The van der Waals surface area contributed by atoms with Crippen LogP contribution in [0.1, 0.15) is 29.6 Å². The van der Waals surface area contributed by atoms with Crippen molar-refractivity contribution in [2.75, 3.05) is 5.73 Å². The van der Waals surface area contributed by atoms with Gasteiger partial charge in [0.05, 0.1) is 11.3 Å². The summed E-state index contributed by atoms with van der Waals surface area (Å²) in [6, 6.07) is 1.95. The molecule has 0 radical (unpaired) electrons. The van der Waals surface area contributed by atoms with Crippen molar-refractivity contribution in [2.24, 2.45) is 23.7 Å². The summed E-state index contributed by atoms with van der Waals surface area (Å²) in [5.41, 5.74) is 4.74. The van der Waals surface area contributed by atoms with Crippen LogP contribution < -0.4 is 11.1 Å². The lowest BCUT2D eigenvalue weighted by Gasteiger charge is -2.11. The average Bonchev–Trinajstić information content (AvgIpc) is 2.81. The minimum absolute atomic E-state index is 0.151. The second-order valence-corrected chi connectivity index (χ2v) is 6.34. The summed E-state index contributed by atoms with van der Waals surface area (Å²) in [6.45, 7) is 0.